The van der Waals surface area contributed by atoms with Crippen LogP contribution in [0.5, 0.6) is 0 Å². The van der Waals surface area contributed by atoms with Crippen molar-refractivity contribution < 1.29 is 14.7 Å². The van der Waals surface area contributed by atoms with Crippen molar-refractivity contribution in [3.8, 4) is 0 Å². The molecule has 102 valence electrons. The van der Waals surface area contributed by atoms with Crippen molar-refractivity contribution in [2.75, 3.05) is 6.54 Å². The number of amides is 1. The number of carboxylic acids is 1. The summed E-state index contributed by atoms with van der Waals surface area (Å²) in [4.78, 5) is 30.7. The number of aliphatic carboxylic acids is 1. The lowest BCUT2D eigenvalue weighted by atomic mass is 9.79. The molecule has 1 amide bonds. The molecule has 0 radical (unpaired) electrons. The van der Waals surface area contributed by atoms with Gasteiger partial charge >= 0.3 is 5.97 Å². The van der Waals surface area contributed by atoms with Crippen molar-refractivity contribution in [3.63, 3.8) is 0 Å². The normalized spacial score (nSPS) is 22.7. The topological polar surface area (TPSA) is 92.2 Å². The number of carboxylic acid groups (broad SMARTS) is 1. The highest BCUT2D eigenvalue weighted by Gasteiger charge is 2.30. The lowest BCUT2D eigenvalue weighted by Crippen LogP contribution is -2.37. The molecule has 0 spiro atoms. The lowest BCUT2D eigenvalue weighted by molar-refractivity contribution is -0.144. The Bertz CT molecular complexity index is 450. The Kier molecular flexibility index (Phi) is 4.43. The lowest BCUT2D eigenvalue weighted by Gasteiger charge is -2.28. The molecule has 0 aliphatic heterocycles. The van der Waals surface area contributed by atoms with Gasteiger partial charge in [-0.05, 0) is 18.8 Å². The van der Waals surface area contributed by atoms with E-state index in [4.69, 9.17) is 5.11 Å². The highest BCUT2D eigenvalue weighted by Crippen LogP contribution is 2.29. The van der Waals surface area contributed by atoms with Crippen molar-refractivity contribution in [1.82, 2.24) is 15.3 Å². The fourth-order valence-corrected chi connectivity index (χ4v) is 2.51. The molecule has 1 fully saturated rings. The number of carbonyl (C=O) groups excluding carboxylic acids is 1. The summed E-state index contributed by atoms with van der Waals surface area (Å²) in [5.41, 5.74) is 0.255. The molecule has 19 heavy (non-hydrogen) atoms. The fraction of sp³-hybridized carbons (Fsp3) is 0.538. The standard InChI is InChI=1S/C13H17N3O3/c17-12(11-8-14-5-6-15-11)16-7-9-3-1-2-4-10(9)13(18)19/h5-6,8-10H,1-4,7H2,(H,16,17)(H,18,19). The van der Waals surface area contributed by atoms with E-state index >= 15 is 0 Å². The van der Waals surface area contributed by atoms with Crippen molar-refractivity contribution >= 4 is 11.9 Å². The van der Waals surface area contributed by atoms with Gasteiger partial charge in [0.1, 0.15) is 5.69 Å². The molecule has 2 atom stereocenters. The third-order valence-electron chi connectivity index (χ3n) is 3.55. The minimum Gasteiger partial charge on any atom is -0.481 e. The minimum absolute atomic E-state index is 0.00636. The summed E-state index contributed by atoms with van der Waals surface area (Å²) < 4.78 is 0. The van der Waals surface area contributed by atoms with Gasteiger partial charge in [0.05, 0.1) is 12.1 Å². The third kappa shape index (κ3) is 3.49. The average Bonchev–Trinajstić information content (AvgIpc) is 2.46. The minimum atomic E-state index is -0.765. The van der Waals surface area contributed by atoms with Crippen LogP contribution in [-0.2, 0) is 4.79 Å². The van der Waals surface area contributed by atoms with Gasteiger partial charge in [0.15, 0.2) is 0 Å². The maximum Gasteiger partial charge on any atom is 0.306 e. The summed E-state index contributed by atoms with van der Waals surface area (Å²) in [6.45, 7) is 0.381. The Hall–Kier alpha value is -1.98. The van der Waals surface area contributed by atoms with Gasteiger partial charge in [-0.15, -0.1) is 0 Å². The van der Waals surface area contributed by atoms with E-state index < -0.39 is 5.97 Å². The highest BCUT2D eigenvalue weighted by molar-refractivity contribution is 5.91. The van der Waals surface area contributed by atoms with Gasteiger partial charge in [-0.3, -0.25) is 14.6 Å². The van der Waals surface area contributed by atoms with E-state index in [1.165, 1.54) is 18.6 Å². The summed E-state index contributed by atoms with van der Waals surface area (Å²) in [5.74, 6) is -1.41. The number of aromatic nitrogens is 2. The van der Waals surface area contributed by atoms with Crippen molar-refractivity contribution in [3.05, 3.63) is 24.3 Å². The van der Waals surface area contributed by atoms with E-state index in [-0.39, 0.29) is 23.4 Å². The van der Waals surface area contributed by atoms with Crippen molar-refractivity contribution in [1.29, 1.82) is 0 Å². The molecule has 2 unspecified atom stereocenters. The number of nitrogens with one attached hydrogen (secondary N) is 1. The van der Waals surface area contributed by atoms with Gasteiger partial charge < -0.3 is 10.4 Å². The van der Waals surface area contributed by atoms with E-state index in [0.29, 0.717) is 13.0 Å². The van der Waals surface area contributed by atoms with Crippen molar-refractivity contribution in [2.24, 2.45) is 11.8 Å². The zero-order valence-electron chi connectivity index (χ0n) is 10.6. The molecule has 6 heteroatoms. The zero-order valence-corrected chi connectivity index (χ0v) is 10.6. The number of nitrogens with zero attached hydrogens (tertiary/aromatic N) is 2. The van der Waals surface area contributed by atoms with E-state index in [0.717, 1.165) is 19.3 Å². The summed E-state index contributed by atoms with van der Waals surface area (Å²) >= 11 is 0. The van der Waals surface area contributed by atoms with Crippen LogP contribution in [0.15, 0.2) is 18.6 Å². The van der Waals surface area contributed by atoms with Gasteiger partial charge in [-0.25, -0.2) is 4.98 Å². The van der Waals surface area contributed by atoms with Gasteiger partial charge in [0.2, 0.25) is 0 Å². The second kappa shape index (κ2) is 6.26. The smallest absolute Gasteiger partial charge is 0.306 e. The molecular weight excluding hydrogens is 246 g/mol. The third-order valence-corrected chi connectivity index (χ3v) is 3.55. The molecule has 0 aromatic carbocycles. The molecule has 1 aromatic heterocycles. The first-order valence-electron chi connectivity index (χ1n) is 6.45. The largest absolute Gasteiger partial charge is 0.481 e. The van der Waals surface area contributed by atoms with Gasteiger partial charge in [0, 0.05) is 18.9 Å². The number of rotatable bonds is 4. The van der Waals surface area contributed by atoms with Crippen molar-refractivity contribution in [2.45, 2.75) is 25.7 Å². The van der Waals surface area contributed by atoms with Gasteiger partial charge in [0.25, 0.3) is 5.91 Å². The summed E-state index contributed by atoms with van der Waals surface area (Å²) in [5, 5.41) is 11.9. The SMILES string of the molecule is O=C(NCC1CCCCC1C(=O)O)c1cnccn1. The second-order valence-electron chi connectivity index (χ2n) is 4.79. The highest BCUT2D eigenvalue weighted by atomic mass is 16.4. The fourth-order valence-electron chi connectivity index (χ4n) is 2.51. The van der Waals surface area contributed by atoms with E-state index in [9.17, 15) is 9.59 Å². The van der Waals surface area contributed by atoms with Crippen LogP contribution in [0, 0.1) is 11.8 Å². The second-order valence-corrected chi connectivity index (χ2v) is 4.79. The maximum atomic E-state index is 11.8. The predicted molar refractivity (Wildman–Crippen MR) is 67.4 cm³/mol. The molecule has 1 heterocycles. The molecular formula is C13H17N3O3. The number of hydrogen-bond acceptors (Lipinski definition) is 4. The summed E-state index contributed by atoms with van der Waals surface area (Å²) in [6.07, 6.45) is 7.86. The van der Waals surface area contributed by atoms with E-state index in [1.807, 2.05) is 0 Å². The monoisotopic (exact) mass is 263 g/mol. The Morgan fingerprint density at radius 1 is 1.32 bits per heavy atom. The van der Waals surface area contributed by atoms with Crippen LogP contribution in [0.1, 0.15) is 36.2 Å². The molecule has 2 N–H and O–H groups in total. The van der Waals surface area contributed by atoms with Crippen LogP contribution in [0.25, 0.3) is 0 Å². The average molecular weight is 263 g/mol. The Morgan fingerprint density at radius 3 is 2.79 bits per heavy atom. The first-order chi connectivity index (χ1) is 9.18. The summed E-state index contributed by atoms with van der Waals surface area (Å²) in [7, 11) is 0. The number of carbonyl (C=O) groups is 2. The molecule has 0 bridgehead atoms. The zero-order chi connectivity index (χ0) is 13.7. The molecule has 6 nitrogen and oxygen atoms in total. The first kappa shape index (κ1) is 13.5. The maximum absolute atomic E-state index is 11.8. The molecule has 0 saturated heterocycles. The predicted octanol–water partition coefficient (Wildman–Crippen LogP) is 1.10. The van der Waals surface area contributed by atoms with Crippen LogP contribution in [-0.4, -0.2) is 33.5 Å². The number of hydrogen-bond donors (Lipinski definition) is 2. The van der Waals surface area contributed by atoms with Crippen LogP contribution in [0.2, 0.25) is 0 Å². The van der Waals surface area contributed by atoms with Crippen LogP contribution in [0.4, 0.5) is 0 Å². The van der Waals surface area contributed by atoms with E-state index in [1.54, 1.807) is 0 Å². The molecule has 1 aliphatic carbocycles. The Labute approximate surface area is 111 Å². The Morgan fingerprint density at radius 2 is 2.11 bits per heavy atom. The Balaban J connectivity index is 1.90. The van der Waals surface area contributed by atoms with Gasteiger partial charge in [-0.1, -0.05) is 12.8 Å². The summed E-state index contributed by atoms with van der Waals surface area (Å²) in [6, 6.07) is 0. The molecule has 1 saturated carbocycles. The van der Waals surface area contributed by atoms with Gasteiger partial charge in [-0.2, -0.15) is 0 Å². The van der Waals surface area contributed by atoms with E-state index in [2.05, 4.69) is 15.3 Å². The molecule has 2 rings (SSSR count). The molecule has 1 aromatic rings. The van der Waals surface area contributed by atoms with Crippen LogP contribution < -0.4 is 5.32 Å². The quantitative estimate of drug-likeness (QED) is 0.848. The van der Waals surface area contributed by atoms with Crippen LogP contribution >= 0.6 is 0 Å². The first-order valence-corrected chi connectivity index (χ1v) is 6.45. The molecule has 1 aliphatic rings. The van der Waals surface area contributed by atoms with Crippen LogP contribution in [0.3, 0.4) is 0 Å².